The Labute approximate surface area is 116 Å². The minimum Gasteiger partial charge on any atom is -0.295 e. The summed E-state index contributed by atoms with van der Waals surface area (Å²) in [5, 5.41) is 0. The summed E-state index contributed by atoms with van der Waals surface area (Å²) in [7, 11) is 0. The molecule has 3 fully saturated rings. The standard InChI is InChI=1S/C18H26O/c1-18-10-9-14(19)11-13(18)6-7-16-15-4-2-3-12(15)5-8-17(16)18/h11-12,15-17H,2-10H2,1H3/t12-,15+,16-,17-,18-/m0/s1. The van der Waals surface area contributed by atoms with Gasteiger partial charge in [-0.15, -0.1) is 0 Å². The zero-order chi connectivity index (χ0) is 13.0. The summed E-state index contributed by atoms with van der Waals surface area (Å²) in [5.74, 6) is 4.35. The largest absolute Gasteiger partial charge is 0.295 e. The fourth-order valence-electron chi connectivity index (χ4n) is 6.18. The second kappa shape index (κ2) is 4.20. The highest BCUT2D eigenvalue weighted by Crippen LogP contribution is 2.61. The third-order valence-corrected chi connectivity index (χ3v) is 7.16. The molecule has 0 aliphatic heterocycles. The van der Waals surface area contributed by atoms with Crippen LogP contribution in [0, 0.1) is 29.1 Å². The van der Waals surface area contributed by atoms with Crippen LogP contribution >= 0.6 is 0 Å². The maximum atomic E-state index is 11.7. The number of carbonyl (C=O) groups is 1. The second-order valence-electron chi connectivity index (χ2n) is 7.79. The van der Waals surface area contributed by atoms with Gasteiger partial charge in [-0.2, -0.15) is 0 Å². The van der Waals surface area contributed by atoms with Crippen LogP contribution in [0.3, 0.4) is 0 Å². The molecule has 3 saturated carbocycles. The van der Waals surface area contributed by atoms with Crippen molar-refractivity contribution in [2.75, 3.05) is 0 Å². The van der Waals surface area contributed by atoms with E-state index in [0.717, 1.165) is 36.5 Å². The maximum Gasteiger partial charge on any atom is 0.155 e. The normalized spacial score (nSPS) is 49.1. The van der Waals surface area contributed by atoms with Crippen LogP contribution in [0.2, 0.25) is 0 Å². The summed E-state index contributed by atoms with van der Waals surface area (Å²) in [6.07, 6.45) is 14.0. The van der Waals surface area contributed by atoms with Gasteiger partial charge in [0.1, 0.15) is 0 Å². The molecule has 104 valence electrons. The molecule has 0 aromatic rings. The fraction of sp³-hybridized carbons (Fsp3) is 0.833. The topological polar surface area (TPSA) is 17.1 Å². The fourth-order valence-corrected chi connectivity index (χ4v) is 6.18. The lowest BCUT2D eigenvalue weighted by Gasteiger charge is -2.55. The van der Waals surface area contributed by atoms with Crippen LogP contribution in [0.25, 0.3) is 0 Å². The molecular formula is C18H26O. The van der Waals surface area contributed by atoms with E-state index >= 15 is 0 Å². The molecule has 1 heteroatoms. The zero-order valence-electron chi connectivity index (χ0n) is 12.2. The molecule has 19 heavy (non-hydrogen) atoms. The average Bonchev–Trinajstić information content (AvgIpc) is 2.88. The Morgan fingerprint density at radius 2 is 1.95 bits per heavy atom. The Balaban J connectivity index is 1.68. The van der Waals surface area contributed by atoms with Crippen molar-refractivity contribution in [3.8, 4) is 0 Å². The molecule has 1 nitrogen and oxygen atoms in total. The molecule has 0 aromatic heterocycles. The first-order valence-corrected chi connectivity index (χ1v) is 8.42. The van der Waals surface area contributed by atoms with E-state index < -0.39 is 0 Å². The van der Waals surface area contributed by atoms with Gasteiger partial charge in [-0.05, 0) is 73.7 Å². The van der Waals surface area contributed by atoms with Gasteiger partial charge in [0.2, 0.25) is 0 Å². The molecule has 4 aliphatic rings. The number of allylic oxidation sites excluding steroid dienone is 1. The van der Waals surface area contributed by atoms with Crippen LogP contribution in [-0.4, -0.2) is 5.78 Å². The summed E-state index contributed by atoms with van der Waals surface area (Å²) in [6, 6.07) is 0. The van der Waals surface area contributed by atoms with Crippen LogP contribution in [-0.2, 0) is 4.79 Å². The molecule has 0 spiro atoms. The van der Waals surface area contributed by atoms with Crippen molar-refractivity contribution in [2.24, 2.45) is 29.1 Å². The Bertz CT molecular complexity index is 435. The first-order chi connectivity index (χ1) is 9.18. The molecule has 0 heterocycles. The van der Waals surface area contributed by atoms with Gasteiger partial charge in [-0.1, -0.05) is 25.3 Å². The Hall–Kier alpha value is -0.590. The molecule has 0 amide bonds. The molecule has 4 aliphatic carbocycles. The molecule has 4 rings (SSSR count). The van der Waals surface area contributed by atoms with Crippen LogP contribution < -0.4 is 0 Å². The summed E-state index contributed by atoms with van der Waals surface area (Å²) in [4.78, 5) is 11.7. The van der Waals surface area contributed by atoms with E-state index in [1.807, 2.05) is 6.08 Å². The predicted molar refractivity (Wildman–Crippen MR) is 76.7 cm³/mol. The van der Waals surface area contributed by atoms with Crippen LogP contribution in [0.4, 0.5) is 0 Å². The van der Waals surface area contributed by atoms with E-state index in [9.17, 15) is 4.79 Å². The van der Waals surface area contributed by atoms with Crippen LogP contribution in [0.1, 0.15) is 64.7 Å². The van der Waals surface area contributed by atoms with Gasteiger partial charge in [0.05, 0.1) is 0 Å². The van der Waals surface area contributed by atoms with Crippen molar-refractivity contribution < 1.29 is 4.79 Å². The summed E-state index contributed by atoms with van der Waals surface area (Å²) >= 11 is 0. The van der Waals surface area contributed by atoms with Crippen LogP contribution in [0.15, 0.2) is 11.6 Å². The van der Waals surface area contributed by atoms with Crippen molar-refractivity contribution in [1.29, 1.82) is 0 Å². The number of hydrogen-bond donors (Lipinski definition) is 0. The smallest absolute Gasteiger partial charge is 0.155 e. The third kappa shape index (κ3) is 1.69. The monoisotopic (exact) mass is 258 g/mol. The van der Waals surface area contributed by atoms with Gasteiger partial charge in [0.15, 0.2) is 5.78 Å². The lowest BCUT2D eigenvalue weighted by atomic mass is 9.50. The quantitative estimate of drug-likeness (QED) is 0.624. The number of hydrogen-bond acceptors (Lipinski definition) is 1. The average molecular weight is 258 g/mol. The minimum absolute atomic E-state index is 0.379. The SMILES string of the molecule is C[C@]12CCC(=O)C=C1CC[C@H]1[C@@H]3CCC[C@H]3CC[C@@H]12. The number of ketones is 1. The van der Waals surface area contributed by atoms with Gasteiger partial charge >= 0.3 is 0 Å². The van der Waals surface area contributed by atoms with Crippen molar-refractivity contribution >= 4 is 5.78 Å². The van der Waals surface area contributed by atoms with Crippen molar-refractivity contribution in [1.82, 2.24) is 0 Å². The zero-order valence-corrected chi connectivity index (χ0v) is 12.2. The van der Waals surface area contributed by atoms with Crippen molar-refractivity contribution in [3.05, 3.63) is 11.6 Å². The Kier molecular flexibility index (Phi) is 2.69. The summed E-state index contributed by atoms with van der Waals surface area (Å²) < 4.78 is 0. The van der Waals surface area contributed by atoms with E-state index in [2.05, 4.69) is 6.92 Å². The van der Waals surface area contributed by atoms with Gasteiger partial charge in [0.25, 0.3) is 0 Å². The van der Waals surface area contributed by atoms with Gasteiger partial charge in [0, 0.05) is 6.42 Å². The first kappa shape index (κ1) is 12.2. The lowest BCUT2D eigenvalue weighted by molar-refractivity contribution is -0.116. The minimum atomic E-state index is 0.379. The highest BCUT2D eigenvalue weighted by atomic mass is 16.1. The van der Waals surface area contributed by atoms with E-state index in [1.165, 1.54) is 50.5 Å². The third-order valence-electron chi connectivity index (χ3n) is 7.16. The summed E-state index contributed by atoms with van der Waals surface area (Å²) in [6.45, 7) is 2.48. The molecule has 0 N–H and O–H groups in total. The van der Waals surface area contributed by atoms with Gasteiger partial charge in [-0.3, -0.25) is 4.79 Å². The summed E-state index contributed by atoms with van der Waals surface area (Å²) in [5.41, 5.74) is 1.89. The molecule has 0 unspecified atom stereocenters. The first-order valence-electron chi connectivity index (χ1n) is 8.42. The van der Waals surface area contributed by atoms with E-state index in [1.54, 1.807) is 0 Å². The Morgan fingerprint density at radius 1 is 1.05 bits per heavy atom. The van der Waals surface area contributed by atoms with Gasteiger partial charge in [-0.25, -0.2) is 0 Å². The molecule has 5 atom stereocenters. The van der Waals surface area contributed by atoms with Crippen molar-refractivity contribution in [2.45, 2.75) is 64.7 Å². The number of fused-ring (bicyclic) bond motifs is 5. The van der Waals surface area contributed by atoms with Gasteiger partial charge < -0.3 is 0 Å². The molecule has 0 aromatic carbocycles. The van der Waals surface area contributed by atoms with E-state index in [0.29, 0.717) is 11.2 Å². The van der Waals surface area contributed by atoms with Crippen LogP contribution in [0.5, 0.6) is 0 Å². The highest BCUT2D eigenvalue weighted by Gasteiger charge is 2.52. The lowest BCUT2D eigenvalue weighted by Crippen LogP contribution is -2.46. The molecular weight excluding hydrogens is 232 g/mol. The van der Waals surface area contributed by atoms with E-state index in [4.69, 9.17) is 0 Å². The maximum absolute atomic E-state index is 11.7. The predicted octanol–water partition coefficient (Wildman–Crippen LogP) is 4.52. The second-order valence-corrected chi connectivity index (χ2v) is 7.79. The molecule has 0 bridgehead atoms. The molecule has 0 saturated heterocycles. The molecule has 0 radical (unpaired) electrons. The highest BCUT2D eigenvalue weighted by molar-refractivity contribution is 5.91. The number of rotatable bonds is 0. The number of carbonyl (C=O) groups excluding carboxylic acids is 1. The van der Waals surface area contributed by atoms with Crippen molar-refractivity contribution in [3.63, 3.8) is 0 Å². The van der Waals surface area contributed by atoms with E-state index in [-0.39, 0.29) is 0 Å². The Morgan fingerprint density at radius 3 is 2.84 bits per heavy atom.